The summed E-state index contributed by atoms with van der Waals surface area (Å²) < 4.78 is 26.9. The molecule has 7 nitrogen and oxygen atoms in total. The number of halogens is 1. The lowest BCUT2D eigenvalue weighted by Gasteiger charge is -2.37. The summed E-state index contributed by atoms with van der Waals surface area (Å²) in [6.45, 7) is 3.20. The average molecular weight is 477 g/mol. The Balaban J connectivity index is 1.23. The van der Waals surface area contributed by atoms with Crippen LogP contribution in [-0.4, -0.2) is 53.5 Å². The first-order valence-electron chi connectivity index (χ1n) is 12.0. The molecule has 1 amide bonds. The van der Waals surface area contributed by atoms with Gasteiger partial charge in [0.05, 0.1) is 24.3 Å². The topological polar surface area (TPSA) is 80.9 Å². The molecule has 2 aromatic carbocycles. The van der Waals surface area contributed by atoms with Crippen molar-refractivity contribution in [2.45, 2.75) is 44.6 Å². The van der Waals surface area contributed by atoms with Crippen LogP contribution in [0.1, 0.15) is 45.5 Å². The average Bonchev–Trinajstić information content (AvgIpc) is 3.46. The quantitative estimate of drug-likeness (QED) is 0.622. The van der Waals surface area contributed by atoms with Crippen LogP contribution in [0.4, 0.5) is 10.2 Å². The molecule has 35 heavy (non-hydrogen) atoms. The van der Waals surface area contributed by atoms with E-state index in [0.717, 1.165) is 54.8 Å². The molecule has 0 saturated carbocycles. The summed E-state index contributed by atoms with van der Waals surface area (Å²) in [4.78, 5) is 21.5. The van der Waals surface area contributed by atoms with Crippen molar-refractivity contribution in [2.24, 2.45) is 0 Å². The van der Waals surface area contributed by atoms with Crippen LogP contribution in [0.2, 0.25) is 0 Å². The molecule has 1 aromatic heterocycles. The van der Waals surface area contributed by atoms with Gasteiger partial charge in [-0.3, -0.25) is 4.79 Å². The second-order valence-electron chi connectivity index (χ2n) is 10.2. The molecule has 8 heteroatoms. The number of piperidine rings is 1. The summed E-state index contributed by atoms with van der Waals surface area (Å²) in [6.07, 6.45) is 2.93. The summed E-state index contributed by atoms with van der Waals surface area (Å²) in [5.41, 5.74) is 10.2. The van der Waals surface area contributed by atoms with E-state index in [2.05, 4.69) is 23.0 Å². The van der Waals surface area contributed by atoms with Crippen LogP contribution in [-0.2, 0) is 30.9 Å². The van der Waals surface area contributed by atoms with Crippen molar-refractivity contribution in [1.29, 1.82) is 0 Å². The third kappa shape index (κ3) is 3.81. The Bertz CT molecular complexity index is 1350. The Morgan fingerprint density at radius 1 is 1.20 bits per heavy atom. The Kier molecular flexibility index (Phi) is 5.19. The molecule has 0 atom stereocenters. The fraction of sp³-hybridized carbons (Fsp3) is 0.407. The molecule has 0 unspecified atom stereocenters. The highest BCUT2D eigenvalue weighted by molar-refractivity contribution is 5.99. The van der Waals surface area contributed by atoms with Crippen LogP contribution in [0.15, 0.2) is 30.3 Å². The maximum atomic E-state index is 15.0. The first-order chi connectivity index (χ1) is 16.8. The van der Waals surface area contributed by atoms with E-state index in [0.29, 0.717) is 36.5 Å². The first-order valence-corrected chi connectivity index (χ1v) is 12.0. The van der Waals surface area contributed by atoms with Gasteiger partial charge in [-0.1, -0.05) is 12.1 Å². The predicted octanol–water partition coefficient (Wildman–Crippen LogP) is 3.66. The van der Waals surface area contributed by atoms with Gasteiger partial charge in [0, 0.05) is 63.0 Å². The minimum Gasteiger partial charge on any atom is -0.487 e. The summed E-state index contributed by atoms with van der Waals surface area (Å²) >= 11 is 0. The zero-order chi connectivity index (χ0) is 24.3. The number of nitrogen functional groups attached to an aromatic ring is 1. The normalized spacial score (nSPS) is 18.5. The number of nitrogens with two attached hydrogens (primary N) is 1. The van der Waals surface area contributed by atoms with Crippen molar-refractivity contribution < 1.29 is 18.7 Å². The molecule has 1 saturated heterocycles. The molecule has 1 fully saturated rings. The molecule has 0 radical (unpaired) electrons. The number of hydrogen-bond donors (Lipinski definition) is 1. The summed E-state index contributed by atoms with van der Waals surface area (Å²) in [5.74, 6) is 0.308. The largest absolute Gasteiger partial charge is 0.487 e. The van der Waals surface area contributed by atoms with Crippen molar-refractivity contribution in [3.05, 3.63) is 64.0 Å². The molecule has 1 spiro atoms. The van der Waals surface area contributed by atoms with E-state index in [1.807, 2.05) is 12.1 Å². The minimum atomic E-state index is -0.605. The van der Waals surface area contributed by atoms with Gasteiger partial charge < -0.3 is 25.0 Å². The standard InChI is InChI=1S/C27H29FN4O3/c1-31-7-5-27(6-8-31)12-17-9-16(3-4-24(17)35-27)13-32(2)26(33)19-10-18-20-14-34-15-21(20)25(29)30-23(18)11-22(19)28/h3-4,9-11H,5-8,12-15H2,1-2H3,(H2,29,30). The number of amides is 1. The summed E-state index contributed by atoms with van der Waals surface area (Å²) in [6, 6.07) is 9.00. The van der Waals surface area contributed by atoms with Crippen LogP contribution in [0, 0.1) is 5.82 Å². The van der Waals surface area contributed by atoms with E-state index in [1.165, 1.54) is 11.6 Å². The fourth-order valence-electron chi connectivity index (χ4n) is 5.60. The number of aromatic nitrogens is 1. The molecule has 3 aliphatic heterocycles. The van der Waals surface area contributed by atoms with Crippen LogP contribution in [0.3, 0.4) is 0 Å². The summed E-state index contributed by atoms with van der Waals surface area (Å²) in [7, 11) is 3.84. The van der Waals surface area contributed by atoms with Gasteiger partial charge in [0.15, 0.2) is 0 Å². The van der Waals surface area contributed by atoms with E-state index in [1.54, 1.807) is 18.0 Å². The highest BCUT2D eigenvalue weighted by Crippen LogP contribution is 2.41. The smallest absolute Gasteiger partial charge is 0.256 e. The summed E-state index contributed by atoms with van der Waals surface area (Å²) in [5, 5.41) is 0.711. The highest BCUT2D eigenvalue weighted by atomic mass is 19.1. The molecule has 6 rings (SSSR count). The van der Waals surface area contributed by atoms with Crippen LogP contribution in [0.25, 0.3) is 10.9 Å². The van der Waals surface area contributed by atoms with E-state index < -0.39 is 5.82 Å². The van der Waals surface area contributed by atoms with Crippen LogP contribution >= 0.6 is 0 Å². The lowest BCUT2D eigenvalue weighted by molar-refractivity contribution is 0.0271. The van der Waals surface area contributed by atoms with Crippen molar-refractivity contribution >= 4 is 22.6 Å². The molecule has 182 valence electrons. The van der Waals surface area contributed by atoms with E-state index >= 15 is 0 Å². The molecule has 0 bridgehead atoms. The SMILES string of the molecule is CN1CCC2(CC1)Cc1cc(CN(C)C(=O)c3cc4c5c(c(N)nc4cc3F)COC5)ccc1O2. The van der Waals surface area contributed by atoms with Crippen LogP contribution in [0.5, 0.6) is 5.75 Å². The molecule has 4 heterocycles. The van der Waals surface area contributed by atoms with Gasteiger partial charge >= 0.3 is 0 Å². The van der Waals surface area contributed by atoms with Crippen molar-refractivity contribution in [3.63, 3.8) is 0 Å². The van der Waals surface area contributed by atoms with Gasteiger partial charge in [0.1, 0.15) is 23.0 Å². The maximum Gasteiger partial charge on any atom is 0.256 e. The first kappa shape index (κ1) is 22.2. The molecule has 2 N–H and O–H groups in total. The lowest BCUT2D eigenvalue weighted by Crippen LogP contribution is -2.45. The van der Waals surface area contributed by atoms with E-state index in [4.69, 9.17) is 15.2 Å². The number of anilines is 1. The van der Waals surface area contributed by atoms with Gasteiger partial charge in [0.2, 0.25) is 0 Å². The number of pyridine rings is 1. The second-order valence-corrected chi connectivity index (χ2v) is 10.2. The second kappa shape index (κ2) is 8.17. The number of carbonyl (C=O) groups is 1. The predicted molar refractivity (Wildman–Crippen MR) is 131 cm³/mol. The zero-order valence-electron chi connectivity index (χ0n) is 20.1. The van der Waals surface area contributed by atoms with E-state index in [-0.39, 0.29) is 17.1 Å². The highest BCUT2D eigenvalue weighted by Gasteiger charge is 2.41. The number of rotatable bonds is 3. The number of benzene rings is 2. The molecule has 0 aliphatic carbocycles. The van der Waals surface area contributed by atoms with Gasteiger partial charge in [-0.05, 0) is 35.9 Å². The number of ether oxygens (including phenoxy) is 2. The van der Waals surface area contributed by atoms with Gasteiger partial charge in [-0.2, -0.15) is 0 Å². The zero-order valence-corrected chi connectivity index (χ0v) is 20.1. The minimum absolute atomic E-state index is 0.0236. The Morgan fingerprint density at radius 3 is 2.77 bits per heavy atom. The van der Waals surface area contributed by atoms with Crippen molar-refractivity contribution in [3.8, 4) is 5.75 Å². The number of hydrogen-bond acceptors (Lipinski definition) is 6. The number of carbonyl (C=O) groups excluding carboxylic acids is 1. The molecular weight excluding hydrogens is 447 g/mol. The number of likely N-dealkylation sites (tertiary alicyclic amines) is 1. The Morgan fingerprint density at radius 2 is 1.97 bits per heavy atom. The third-order valence-electron chi connectivity index (χ3n) is 7.68. The van der Waals surface area contributed by atoms with Crippen molar-refractivity contribution in [2.75, 3.05) is 32.9 Å². The van der Waals surface area contributed by atoms with Crippen molar-refractivity contribution in [1.82, 2.24) is 14.8 Å². The fourth-order valence-corrected chi connectivity index (χ4v) is 5.60. The number of fused-ring (bicyclic) bond motifs is 4. The molecule has 3 aromatic rings. The maximum absolute atomic E-state index is 15.0. The monoisotopic (exact) mass is 476 g/mol. The van der Waals surface area contributed by atoms with E-state index in [9.17, 15) is 9.18 Å². The van der Waals surface area contributed by atoms with Gasteiger partial charge in [-0.15, -0.1) is 0 Å². The Labute approximate surface area is 203 Å². The lowest BCUT2D eigenvalue weighted by atomic mass is 9.87. The molecule has 3 aliphatic rings. The number of nitrogens with zero attached hydrogens (tertiary/aromatic N) is 3. The third-order valence-corrected chi connectivity index (χ3v) is 7.68. The van der Waals surface area contributed by atoms with Crippen LogP contribution < -0.4 is 10.5 Å². The molecular formula is C27H29FN4O3. The van der Waals surface area contributed by atoms with Gasteiger partial charge in [-0.25, -0.2) is 9.37 Å². The van der Waals surface area contributed by atoms with Gasteiger partial charge in [0.25, 0.3) is 5.91 Å². The Hall–Kier alpha value is -3.23.